The van der Waals surface area contributed by atoms with E-state index in [9.17, 15) is 13.2 Å². The third kappa shape index (κ3) is 4.12. The van der Waals surface area contributed by atoms with Gasteiger partial charge < -0.3 is 4.90 Å². The van der Waals surface area contributed by atoms with Crippen LogP contribution in [0.1, 0.15) is 34.1 Å². The molecule has 2 unspecified atom stereocenters. The summed E-state index contributed by atoms with van der Waals surface area (Å²) in [4.78, 5) is 19.2. The van der Waals surface area contributed by atoms with Gasteiger partial charge >= 0.3 is 0 Å². The molecule has 1 saturated heterocycles. The number of halogens is 1. The van der Waals surface area contributed by atoms with E-state index in [1.807, 2.05) is 19.1 Å². The first-order chi connectivity index (χ1) is 13.7. The molecule has 2 atom stereocenters. The van der Waals surface area contributed by atoms with Crippen LogP contribution in [0.15, 0.2) is 36.5 Å². The maximum Gasteiger partial charge on any atom is 0.264 e. The number of carbonyl (C=O) groups is 1. The Morgan fingerprint density at radius 2 is 2.03 bits per heavy atom. The highest BCUT2D eigenvalue weighted by Gasteiger charge is 2.38. The average molecular weight is 435 g/mol. The van der Waals surface area contributed by atoms with E-state index in [4.69, 9.17) is 15.8 Å². The van der Waals surface area contributed by atoms with Gasteiger partial charge in [0.05, 0.1) is 29.7 Å². The summed E-state index contributed by atoms with van der Waals surface area (Å²) in [7, 11) is -3.64. The number of rotatable bonds is 4. The number of likely N-dealkylation sites (tertiary alicyclic amines) is 1. The molecule has 0 saturated carbocycles. The van der Waals surface area contributed by atoms with Crippen molar-refractivity contribution in [1.29, 1.82) is 0 Å². The maximum atomic E-state index is 13.3. The fourth-order valence-electron chi connectivity index (χ4n) is 3.65. The number of pyridine rings is 1. The van der Waals surface area contributed by atoms with Crippen LogP contribution in [-0.4, -0.2) is 53.3 Å². The van der Waals surface area contributed by atoms with Gasteiger partial charge in [-0.25, -0.2) is 4.98 Å². The molecule has 1 N–H and O–H groups in total. The molecule has 0 spiro atoms. The first-order valence-corrected chi connectivity index (χ1v) is 11.2. The van der Waals surface area contributed by atoms with Crippen molar-refractivity contribution in [2.75, 3.05) is 12.8 Å². The molecule has 0 radical (unpaired) electrons. The second-order valence-electron chi connectivity index (χ2n) is 7.11. The molecule has 152 valence electrons. The molecular weight excluding hydrogens is 416 g/mol. The van der Waals surface area contributed by atoms with Crippen molar-refractivity contribution >= 4 is 38.7 Å². The standard InChI is InChI=1S/C19H19ClN4O4S/c1-11-16-7-13(9-21-18(16)23-22-11)19(25)24-10-15(28-29(2,26)27)8-17(24)12-3-5-14(20)6-4-12/h3-7,9,15,17H,8,10H2,1-2H3,(H,21,22,23). The normalized spacial score (nSPS) is 19.8. The molecule has 10 heteroatoms. The summed E-state index contributed by atoms with van der Waals surface area (Å²) in [5, 5.41) is 8.26. The smallest absolute Gasteiger partial charge is 0.264 e. The molecule has 3 heterocycles. The number of aryl methyl sites for hydroxylation is 1. The van der Waals surface area contributed by atoms with Gasteiger partial charge in [0.15, 0.2) is 5.65 Å². The second-order valence-corrected chi connectivity index (χ2v) is 9.15. The van der Waals surface area contributed by atoms with E-state index in [2.05, 4.69) is 15.2 Å². The van der Waals surface area contributed by atoms with E-state index in [0.29, 0.717) is 22.7 Å². The van der Waals surface area contributed by atoms with Crippen LogP contribution in [0.3, 0.4) is 0 Å². The number of nitrogens with one attached hydrogen (secondary N) is 1. The molecule has 4 rings (SSSR count). The number of benzene rings is 1. The Morgan fingerprint density at radius 3 is 2.72 bits per heavy atom. The number of nitrogens with zero attached hydrogens (tertiary/aromatic N) is 3. The van der Waals surface area contributed by atoms with Crippen LogP contribution in [0.25, 0.3) is 11.0 Å². The van der Waals surface area contributed by atoms with Crippen LogP contribution in [-0.2, 0) is 14.3 Å². The average Bonchev–Trinajstić information content (AvgIpc) is 3.24. The molecule has 1 aliphatic rings. The lowest BCUT2D eigenvalue weighted by Crippen LogP contribution is -2.32. The van der Waals surface area contributed by atoms with E-state index in [1.54, 1.807) is 23.1 Å². The summed E-state index contributed by atoms with van der Waals surface area (Å²) in [5.41, 5.74) is 2.61. The topological polar surface area (TPSA) is 105 Å². The van der Waals surface area contributed by atoms with Gasteiger partial charge in [0.2, 0.25) is 0 Å². The van der Waals surface area contributed by atoms with Crippen molar-refractivity contribution in [3.63, 3.8) is 0 Å². The molecule has 0 bridgehead atoms. The van der Waals surface area contributed by atoms with Crippen molar-refractivity contribution < 1.29 is 17.4 Å². The van der Waals surface area contributed by atoms with Crippen LogP contribution < -0.4 is 0 Å². The van der Waals surface area contributed by atoms with Crippen molar-refractivity contribution in [2.24, 2.45) is 0 Å². The SMILES string of the molecule is Cc1n[nH]c2ncc(C(=O)N3CC(OS(C)(=O)=O)CC3c3ccc(Cl)cc3)cc12. The van der Waals surface area contributed by atoms with Gasteiger partial charge in [-0.15, -0.1) is 0 Å². The maximum absolute atomic E-state index is 13.3. The molecule has 29 heavy (non-hydrogen) atoms. The fourth-order valence-corrected chi connectivity index (χ4v) is 4.41. The van der Waals surface area contributed by atoms with Crippen molar-refractivity contribution in [3.05, 3.63) is 58.4 Å². The second kappa shape index (κ2) is 7.40. The van der Waals surface area contributed by atoms with E-state index < -0.39 is 16.2 Å². The quantitative estimate of drug-likeness (QED) is 0.633. The summed E-state index contributed by atoms with van der Waals surface area (Å²) in [6.07, 6.45) is 2.24. The third-order valence-electron chi connectivity index (χ3n) is 4.94. The van der Waals surface area contributed by atoms with E-state index in [1.165, 1.54) is 6.20 Å². The van der Waals surface area contributed by atoms with E-state index in [0.717, 1.165) is 22.9 Å². The predicted molar refractivity (Wildman–Crippen MR) is 108 cm³/mol. The molecule has 3 aromatic rings. The van der Waals surface area contributed by atoms with E-state index in [-0.39, 0.29) is 18.5 Å². The molecule has 1 fully saturated rings. The van der Waals surface area contributed by atoms with Gasteiger partial charge in [0.1, 0.15) is 0 Å². The van der Waals surface area contributed by atoms with Crippen LogP contribution in [0.4, 0.5) is 0 Å². The number of aromatic amines is 1. The molecule has 2 aromatic heterocycles. The lowest BCUT2D eigenvalue weighted by atomic mass is 10.0. The van der Waals surface area contributed by atoms with Crippen LogP contribution in [0.5, 0.6) is 0 Å². The number of aromatic nitrogens is 3. The molecular formula is C19H19ClN4O4S. The highest BCUT2D eigenvalue weighted by atomic mass is 35.5. The lowest BCUT2D eigenvalue weighted by Gasteiger charge is -2.25. The first-order valence-electron chi connectivity index (χ1n) is 8.96. The van der Waals surface area contributed by atoms with Crippen LogP contribution in [0, 0.1) is 6.92 Å². The van der Waals surface area contributed by atoms with Gasteiger partial charge in [0, 0.05) is 29.6 Å². The Kier molecular flexibility index (Phi) is 5.05. The molecule has 1 aromatic carbocycles. The van der Waals surface area contributed by atoms with Gasteiger partial charge in [-0.3, -0.25) is 14.1 Å². The molecule has 8 nitrogen and oxygen atoms in total. The number of amides is 1. The minimum Gasteiger partial charge on any atom is -0.329 e. The summed E-state index contributed by atoms with van der Waals surface area (Å²) in [5.74, 6) is -0.250. The minimum absolute atomic E-state index is 0.154. The van der Waals surface area contributed by atoms with Crippen molar-refractivity contribution in [2.45, 2.75) is 25.5 Å². The minimum atomic E-state index is -3.64. The predicted octanol–water partition coefficient (Wildman–Crippen LogP) is 2.85. The zero-order valence-electron chi connectivity index (χ0n) is 15.8. The first kappa shape index (κ1) is 19.8. The van der Waals surface area contributed by atoms with Gasteiger partial charge in [-0.05, 0) is 30.7 Å². The number of H-pyrrole nitrogens is 1. The van der Waals surface area contributed by atoms with Crippen LogP contribution >= 0.6 is 11.6 Å². The Hall–Kier alpha value is -2.49. The Balaban J connectivity index is 1.69. The van der Waals surface area contributed by atoms with E-state index >= 15 is 0 Å². The number of fused-ring (bicyclic) bond motifs is 1. The summed E-state index contributed by atoms with van der Waals surface area (Å²) >= 11 is 5.99. The summed E-state index contributed by atoms with van der Waals surface area (Å²) in [6.45, 7) is 1.98. The number of carbonyl (C=O) groups excluding carboxylic acids is 1. The highest BCUT2D eigenvalue weighted by Crippen LogP contribution is 2.36. The Labute approximate surface area is 173 Å². The molecule has 0 aliphatic carbocycles. The fraction of sp³-hybridized carbons (Fsp3) is 0.316. The summed E-state index contributed by atoms with van der Waals surface area (Å²) in [6, 6.07) is 8.55. The highest BCUT2D eigenvalue weighted by molar-refractivity contribution is 7.86. The third-order valence-corrected chi connectivity index (χ3v) is 5.82. The lowest BCUT2D eigenvalue weighted by molar-refractivity contribution is 0.0721. The number of hydrogen-bond donors (Lipinski definition) is 1. The van der Waals surface area contributed by atoms with Gasteiger partial charge in [-0.2, -0.15) is 13.5 Å². The molecule has 1 amide bonds. The number of hydrogen-bond acceptors (Lipinski definition) is 6. The monoisotopic (exact) mass is 434 g/mol. The zero-order valence-corrected chi connectivity index (χ0v) is 17.4. The van der Waals surface area contributed by atoms with Gasteiger partial charge in [-0.1, -0.05) is 23.7 Å². The summed E-state index contributed by atoms with van der Waals surface area (Å²) < 4.78 is 28.4. The Bertz CT molecular complexity index is 1180. The van der Waals surface area contributed by atoms with Crippen molar-refractivity contribution in [3.8, 4) is 0 Å². The zero-order chi connectivity index (χ0) is 20.8. The van der Waals surface area contributed by atoms with Crippen molar-refractivity contribution in [1.82, 2.24) is 20.1 Å². The largest absolute Gasteiger partial charge is 0.329 e. The Morgan fingerprint density at radius 1 is 1.31 bits per heavy atom. The molecule has 1 aliphatic heterocycles. The van der Waals surface area contributed by atoms with Crippen LogP contribution in [0.2, 0.25) is 5.02 Å². The van der Waals surface area contributed by atoms with Gasteiger partial charge in [0.25, 0.3) is 16.0 Å².